The summed E-state index contributed by atoms with van der Waals surface area (Å²) >= 11 is 1.15. The average molecular weight is 364 g/mol. The summed E-state index contributed by atoms with van der Waals surface area (Å²) in [5, 5.41) is 2.56. The van der Waals surface area contributed by atoms with Gasteiger partial charge in [-0.1, -0.05) is 12.1 Å². The molecule has 0 unspecified atom stereocenters. The van der Waals surface area contributed by atoms with Gasteiger partial charge in [-0.3, -0.25) is 24.1 Å². The van der Waals surface area contributed by atoms with Gasteiger partial charge in [0.2, 0.25) is 11.8 Å². The Labute approximate surface area is 147 Å². The van der Waals surface area contributed by atoms with Crippen molar-refractivity contribution in [2.24, 2.45) is 5.73 Å². The molecular weight excluding hydrogens is 348 g/mol. The smallest absolute Gasteiger partial charge is 0.334 e. The maximum atomic E-state index is 12.2. The van der Waals surface area contributed by atoms with Gasteiger partial charge >= 0.3 is 17.8 Å². The van der Waals surface area contributed by atoms with E-state index in [0.29, 0.717) is 15.5 Å². The number of nitrogens with zero attached hydrogens (tertiary/aromatic N) is 2. The van der Waals surface area contributed by atoms with Gasteiger partial charge in [-0.2, -0.15) is 0 Å². The molecule has 1 aromatic carbocycles. The van der Waals surface area contributed by atoms with Gasteiger partial charge < -0.3 is 11.1 Å². The van der Waals surface area contributed by atoms with Crippen LogP contribution in [0.5, 0.6) is 0 Å². The minimum atomic E-state index is -1.03. The maximum absolute atomic E-state index is 12.2. The molecule has 0 atom stereocenters. The van der Waals surface area contributed by atoms with Gasteiger partial charge in [-0.15, -0.1) is 11.8 Å². The number of urea groups is 1. The van der Waals surface area contributed by atoms with E-state index in [9.17, 15) is 24.0 Å². The normalized spacial score (nSPS) is 14.2. The number of hydrogen-bond donors (Lipinski definition) is 2. The van der Waals surface area contributed by atoms with Crippen molar-refractivity contribution >= 4 is 47.1 Å². The lowest BCUT2D eigenvalue weighted by atomic mass is 10.3. The van der Waals surface area contributed by atoms with Gasteiger partial charge in [0.15, 0.2) is 0 Å². The minimum absolute atomic E-state index is 0.0376. The van der Waals surface area contributed by atoms with E-state index in [0.717, 1.165) is 16.7 Å². The van der Waals surface area contributed by atoms with E-state index in [1.807, 2.05) is 0 Å². The Morgan fingerprint density at radius 3 is 2.36 bits per heavy atom. The Balaban J connectivity index is 2.06. The number of anilines is 1. The number of hydrogen-bond acceptors (Lipinski definition) is 6. The van der Waals surface area contributed by atoms with Gasteiger partial charge in [-0.25, -0.2) is 9.69 Å². The molecule has 0 aliphatic carbocycles. The van der Waals surface area contributed by atoms with Gasteiger partial charge in [-0.05, 0) is 19.1 Å². The molecule has 9 nitrogen and oxygen atoms in total. The van der Waals surface area contributed by atoms with Crippen LogP contribution in [-0.4, -0.2) is 58.3 Å². The summed E-state index contributed by atoms with van der Waals surface area (Å²) in [6, 6.07) is 5.89. The summed E-state index contributed by atoms with van der Waals surface area (Å²) in [6.45, 7) is 1.03. The highest BCUT2D eigenvalue weighted by molar-refractivity contribution is 8.00. The zero-order valence-corrected chi connectivity index (χ0v) is 14.2. The molecule has 1 saturated heterocycles. The number of benzene rings is 1. The fourth-order valence-electron chi connectivity index (χ4n) is 2.15. The third-order valence-electron chi connectivity index (χ3n) is 3.28. The second kappa shape index (κ2) is 7.79. The summed E-state index contributed by atoms with van der Waals surface area (Å²) in [7, 11) is 0. The summed E-state index contributed by atoms with van der Waals surface area (Å²) in [5.41, 5.74) is 5.52. The molecule has 0 radical (unpaired) electrons. The highest BCUT2D eigenvalue weighted by Crippen LogP contribution is 2.26. The Hall–Kier alpha value is -2.88. The number of carbonyl (C=O) groups is 5. The monoisotopic (exact) mass is 364 g/mol. The van der Waals surface area contributed by atoms with E-state index in [4.69, 9.17) is 5.73 Å². The van der Waals surface area contributed by atoms with E-state index < -0.39 is 36.2 Å². The predicted molar refractivity (Wildman–Crippen MR) is 89.5 cm³/mol. The number of carbonyl (C=O) groups excluding carboxylic acids is 5. The lowest BCUT2D eigenvalue weighted by Crippen LogP contribution is -2.39. The summed E-state index contributed by atoms with van der Waals surface area (Å²) in [5.74, 6) is -3.08. The van der Waals surface area contributed by atoms with E-state index in [-0.39, 0.29) is 12.3 Å². The summed E-state index contributed by atoms with van der Waals surface area (Å²) in [6.07, 6.45) is 0. The standard InChI is InChI=1S/C15H16N4O5S/c1-2-18-13(22)14(23)19(15(18)24)7-12(21)17-9-5-3-4-6-10(9)25-8-11(16)20/h3-6H,2,7-8H2,1H3,(H2,16,20)(H,17,21). The first kappa shape index (κ1) is 18.5. The highest BCUT2D eigenvalue weighted by Gasteiger charge is 2.44. The molecule has 25 heavy (non-hydrogen) atoms. The number of rotatable bonds is 7. The van der Waals surface area contributed by atoms with Crippen LogP contribution in [0.15, 0.2) is 29.2 Å². The van der Waals surface area contributed by atoms with Crippen LogP contribution in [0.4, 0.5) is 10.5 Å². The van der Waals surface area contributed by atoms with Crippen molar-refractivity contribution in [2.75, 3.05) is 24.2 Å². The van der Waals surface area contributed by atoms with Crippen molar-refractivity contribution in [3.8, 4) is 0 Å². The topological polar surface area (TPSA) is 130 Å². The van der Waals surface area contributed by atoms with Crippen LogP contribution >= 0.6 is 11.8 Å². The molecule has 6 amide bonds. The maximum Gasteiger partial charge on any atom is 0.334 e. The first-order chi connectivity index (χ1) is 11.8. The summed E-state index contributed by atoms with van der Waals surface area (Å²) < 4.78 is 0. The second-order valence-electron chi connectivity index (χ2n) is 5.02. The molecule has 10 heteroatoms. The van der Waals surface area contributed by atoms with Gasteiger partial charge in [0, 0.05) is 11.4 Å². The fourth-order valence-corrected chi connectivity index (χ4v) is 2.89. The van der Waals surface area contributed by atoms with Crippen LogP contribution in [0.2, 0.25) is 0 Å². The highest BCUT2D eigenvalue weighted by atomic mass is 32.2. The van der Waals surface area contributed by atoms with Crippen LogP contribution in [0.1, 0.15) is 6.92 Å². The first-order valence-electron chi connectivity index (χ1n) is 7.32. The van der Waals surface area contributed by atoms with E-state index in [2.05, 4.69) is 5.32 Å². The number of primary amides is 1. The van der Waals surface area contributed by atoms with Crippen molar-refractivity contribution in [1.29, 1.82) is 0 Å². The average Bonchev–Trinajstić information content (AvgIpc) is 2.77. The van der Waals surface area contributed by atoms with E-state index in [1.54, 1.807) is 31.2 Å². The van der Waals surface area contributed by atoms with Gasteiger partial charge in [0.05, 0.1) is 11.4 Å². The first-order valence-corrected chi connectivity index (χ1v) is 8.31. The second-order valence-corrected chi connectivity index (χ2v) is 6.04. The zero-order valence-electron chi connectivity index (χ0n) is 13.4. The molecular formula is C15H16N4O5S. The molecule has 1 aromatic rings. The minimum Gasteiger partial charge on any atom is -0.369 e. The number of nitrogens with one attached hydrogen (secondary N) is 1. The third kappa shape index (κ3) is 4.15. The largest absolute Gasteiger partial charge is 0.369 e. The van der Waals surface area contributed by atoms with Crippen LogP contribution in [-0.2, 0) is 19.2 Å². The number of imide groups is 2. The predicted octanol–water partition coefficient (Wildman–Crippen LogP) is 0.0132. The SMILES string of the molecule is CCN1C(=O)C(=O)N(CC(=O)Nc2ccccc2SCC(N)=O)C1=O. The Morgan fingerprint density at radius 1 is 1.12 bits per heavy atom. The van der Waals surface area contributed by atoms with E-state index >= 15 is 0 Å². The zero-order chi connectivity index (χ0) is 18.6. The molecule has 0 aromatic heterocycles. The fraction of sp³-hybridized carbons (Fsp3) is 0.267. The lowest BCUT2D eigenvalue weighted by molar-refractivity contribution is -0.143. The summed E-state index contributed by atoms with van der Waals surface area (Å²) in [4.78, 5) is 60.4. The van der Waals surface area contributed by atoms with Crippen molar-refractivity contribution < 1.29 is 24.0 Å². The third-order valence-corrected chi connectivity index (χ3v) is 4.38. The van der Waals surface area contributed by atoms with Gasteiger partial charge in [0.25, 0.3) is 0 Å². The molecule has 1 aliphatic heterocycles. The van der Waals surface area contributed by atoms with Crippen LogP contribution < -0.4 is 11.1 Å². The van der Waals surface area contributed by atoms with Crippen molar-refractivity contribution in [2.45, 2.75) is 11.8 Å². The number of likely N-dealkylation sites (N-methyl/N-ethyl adjacent to an activating group) is 1. The molecule has 0 spiro atoms. The lowest BCUT2D eigenvalue weighted by Gasteiger charge is -2.15. The Morgan fingerprint density at radius 2 is 1.76 bits per heavy atom. The van der Waals surface area contributed by atoms with Crippen LogP contribution in [0.3, 0.4) is 0 Å². The molecule has 0 saturated carbocycles. The molecule has 1 fully saturated rings. The number of amides is 6. The van der Waals surface area contributed by atoms with Crippen molar-refractivity contribution in [1.82, 2.24) is 9.80 Å². The molecule has 1 heterocycles. The molecule has 1 aliphatic rings. The number of thioether (sulfide) groups is 1. The Kier molecular flexibility index (Phi) is 5.75. The van der Waals surface area contributed by atoms with Crippen LogP contribution in [0.25, 0.3) is 0 Å². The van der Waals surface area contributed by atoms with Crippen molar-refractivity contribution in [3.63, 3.8) is 0 Å². The number of para-hydroxylation sites is 1. The number of nitrogens with two attached hydrogens (primary N) is 1. The Bertz CT molecular complexity index is 751. The molecule has 0 bridgehead atoms. The van der Waals surface area contributed by atoms with Crippen molar-refractivity contribution in [3.05, 3.63) is 24.3 Å². The molecule has 132 valence electrons. The van der Waals surface area contributed by atoms with Gasteiger partial charge in [0.1, 0.15) is 6.54 Å². The molecule has 2 rings (SSSR count). The molecule has 3 N–H and O–H groups in total. The van der Waals surface area contributed by atoms with Crippen LogP contribution in [0, 0.1) is 0 Å². The quantitative estimate of drug-likeness (QED) is 0.398. The van der Waals surface area contributed by atoms with E-state index in [1.165, 1.54) is 0 Å².